The Morgan fingerprint density at radius 1 is 1.00 bits per heavy atom. The average Bonchev–Trinajstić information content (AvgIpc) is 3.27. The van der Waals surface area contributed by atoms with Crippen molar-refractivity contribution in [3.8, 4) is 11.5 Å². The smallest absolute Gasteiger partial charge is 0.242 e. The molecular formula is C28H30N2O5S. The lowest BCUT2D eigenvalue weighted by atomic mass is 10.1. The number of benzene rings is 2. The maximum absolute atomic E-state index is 13.6. The first-order valence-corrected chi connectivity index (χ1v) is 13.0. The Balaban J connectivity index is 1.30. The highest BCUT2D eigenvalue weighted by Crippen LogP contribution is 2.48. The number of thiophene rings is 1. The SMILES string of the molecule is COCCN(CC(=O)N(Cc1ccc2c(c1)OCO2)Cc1cccs1)C(=O)C1C[C@H]1c1ccccc1. The molecule has 3 aromatic rings. The average molecular weight is 507 g/mol. The first-order chi connectivity index (χ1) is 17.6. The molecule has 1 saturated carbocycles. The summed E-state index contributed by atoms with van der Waals surface area (Å²) < 4.78 is 16.2. The van der Waals surface area contributed by atoms with Crippen LogP contribution in [-0.4, -0.2) is 55.2 Å². The maximum Gasteiger partial charge on any atom is 0.242 e. The van der Waals surface area contributed by atoms with Crippen LogP contribution in [-0.2, 0) is 27.4 Å². The molecule has 0 radical (unpaired) electrons. The second kappa shape index (κ2) is 11.1. The number of ether oxygens (including phenoxy) is 3. The summed E-state index contributed by atoms with van der Waals surface area (Å²) in [6.45, 7) is 1.89. The molecule has 188 valence electrons. The van der Waals surface area contributed by atoms with E-state index in [4.69, 9.17) is 14.2 Å². The molecule has 1 aromatic heterocycles. The minimum Gasteiger partial charge on any atom is -0.454 e. The fourth-order valence-corrected chi connectivity index (χ4v) is 5.31. The molecular weight excluding hydrogens is 476 g/mol. The van der Waals surface area contributed by atoms with Crippen molar-refractivity contribution in [3.05, 3.63) is 82.0 Å². The largest absolute Gasteiger partial charge is 0.454 e. The molecule has 1 aliphatic carbocycles. The third-order valence-corrected chi connectivity index (χ3v) is 7.49. The predicted molar refractivity (Wildman–Crippen MR) is 137 cm³/mol. The van der Waals surface area contributed by atoms with Gasteiger partial charge in [-0.15, -0.1) is 11.3 Å². The summed E-state index contributed by atoms with van der Waals surface area (Å²) in [5.74, 6) is 1.46. The Morgan fingerprint density at radius 3 is 2.61 bits per heavy atom. The fourth-order valence-electron chi connectivity index (χ4n) is 4.59. The summed E-state index contributed by atoms with van der Waals surface area (Å²) in [7, 11) is 1.61. The van der Waals surface area contributed by atoms with Crippen molar-refractivity contribution in [1.29, 1.82) is 0 Å². The van der Waals surface area contributed by atoms with E-state index in [1.54, 1.807) is 28.2 Å². The highest BCUT2D eigenvalue weighted by molar-refractivity contribution is 7.09. The fraction of sp³-hybridized carbons (Fsp3) is 0.357. The standard InChI is InChI=1S/C28H30N2O5S/c1-33-12-11-29(28(32)24-15-23(24)21-6-3-2-4-7-21)18-27(31)30(17-22-8-5-13-36-22)16-20-9-10-25-26(14-20)35-19-34-25/h2-10,13-14,23-24H,11-12,15-19H2,1H3/t23-,24?/m0/s1. The lowest BCUT2D eigenvalue weighted by Gasteiger charge is -2.28. The molecule has 1 fully saturated rings. The van der Waals surface area contributed by atoms with Crippen molar-refractivity contribution in [2.75, 3.05) is 33.6 Å². The van der Waals surface area contributed by atoms with E-state index in [9.17, 15) is 9.59 Å². The van der Waals surface area contributed by atoms with Gasteiger partial charge in [0.1, 0.15) is 0 Å². The number of amides is 2. The van der Waals surface area contributed by atoms with Gasteiger partial charge >= 0.3 is 0 Å². The first kappa shape index (κ1) is 24.3. The molecule has 8 heteroatoms. The summed E-state index contributed by atoms with van der Waals surface area (Å²) in [5, 5.41) is 2.00. The number of carbonyl (C=O) groups excluding carboxylic acids is 2. The van der Waals surface area contributed by atoms with Crippen molar-refractivity contribution in [1.82, 2.24) is 9.80 Å². The number of hydrogen-bond acceptors (Lipinski definition) is 6. The van der Waals surface area contributed by atoms with Crippen LogP contribution in [0, 0.1) is 5.92 Å². The number of methoxy groups -OCH3 is 1. The normalized spacial score (nSPS) is 17.6. The monoisotopic (exact) mass is 506 g/mol. The van der Waals surface area contributed by atoms with E-state index >= 15 is 0 Å². The van der Waals surface area contributed by atoms with Gasteiger partial charge < -0.3 is 24.0 Å². The molecule has 2 heterocycles. The maximum atomic E-state index is 13.6. The molecule has 0 saturated heterocycles. The summed E-state index contributed by atoms with van der Waals surface area (Å²) in [5.41, 5.74) is 2.13. The summed E-state index contributed by atoms with van der Waals surface area (Å²) in [4.78, 5) is 31.6. The number of fused-ring (bicyclic) bond motifs is 1. The van der Waals surface area contributed by atoms with Gasteiger partial charge in [0.05, 0.1) is 19.7 Å². The minimum atomic E-state index is -0.0950. The van der Waals surface area contributed by atoms with Crippen LogP contribution in [0.4, 0.5) is 0 Å². The quantitative estimate of drug-likeness (QED) is 0.388. The van der Waals surface area contributed by atoms with Crippen LogP contribution in [0.15, 0.2) is 66.0 Å². The van der Waals surface area contributed by atoms with E-state index in [-0.39, 0.29) is 37.0 Å². The third kappa shape index (κ3) is 5.71. The lowest BCUT2D eigenvalue weighted by Crippen LogP contribution is -2.44. The topological polar surface area (TPSA) is 68.3 Å². The van der Waals surface area contributed by atoms with Gasteiger partial charge in [-0.25, -0.2) is 0 Å². The van der Waals surface area contributed by atoms with Gasteiger partial charge in [0.2, 0.25) is 18.6 Å². The molecule has 2 aliphatic rings. The second-order valence-electron chi connectivity index (χ2n) is 9.13. The van der Waals surface area contributed by atoms with Gasteiger partial charge in [0, 0.05) is 31.0 Å². The van der Waals surface area contributed by atoms with E-state index in [1.807, 2.05) is 53.9 Å². The molecule has 5 rings (SSSR count). The zero-order chi connectivity index (χ0) is 24.9. The molecule has 2 amide bonds. The van der Waals surface area contributed by atoms with Crippen molar-refractivity contribution < 1.29 is 23.8 Å². The van der Waals surface area contributed by atoms with Gasteiger partial charge in [-0.05, 0) is 47.0 Å². The van der Waals surface area contributed by atoms with Crippen LogP contribution in [0.3, 0.4) is 0 Å². The number of carbonyl (C=O) groups is 2. The Morgan fingerprint density at radius 2 is 1.83 bits per heavy atom. The zero-order valence-corrected chi connectivity index (χ0v) is 21.1. The van der Waals surface area contributed by atoms with E-state index in [0.717, 1.165) is 16.9 Å². The Kier molecular flexibility index (Phi) is 7.53. The molecule has 0 bridgehead atoms. The van der Waals surface area contributed by atoms with Crippen LogP contribution in [0.25, 0.3) is 0 Å². The van der Waals surface area contributed by atoms with E-state index in [0.29, 0.717) is 37.7 Å². The Labute approximate surface area is 215 Å². The van der Waals surface area contributed by atoms with Crippen LogP contribution < -0.4 is 9.47 Å². The minimum absolute atomic E-state index is 0.0217. The van der Waals surface area contributed by atoms with Crippen molar-refractivity contribution >= 4 is 23.2 Å². The van der Waals surface area contributed by atoms with E-state index in [2.05, 4.69) is 12.1 Å². The number of nitrogens with zero attached hydrogens (tertiary/aromatic N) is 2. The zero-order valence-electron chi connectivity index (χ0n) is 20.3. The molecule has 0 spiro atoms. The summed E-state index contributed by atoms with van der Waals surface area (Å²) >= 11 is 1.61. The third-order valence-electron chi connectivity index (χ3n) is 6.63. The highest BCUT2D eigenvalue weighted by Gasteiger charge is 2.46. The van der Waals surface area contributed by atoms with Crippen LogP contribution >= 0.6 is 11.3 Å². The molecule has 2 aromatic carbocycles. The van der Waals surface area contributed by atoms with Crippen molar-refractivity contribution in [2.24, 2.45) is 5.92 Å². The predicted octanol–water partition coefficient (Wildman–Crippen LogP) is 4.28. The molecule has 36 heavy (non-hydrogen) atoms. The van der Waals surface area contributed by atoms with Crippen LogP contribution in [0.5, 0.6) is 11.5 Å². The second-order valence-corrected chi connectivity index (χ2v) is 10.2. The van der Waals surface area contributed by atoms with Crippen molar-refractivity contribution in [3.63, 3.8) is 0 Å². The molecule has 1 aliphatic heterocycles. The van der Waals surface area contributed by atoms with E-state index in [1.165, 1.54) is 5.56 Å². The van der Waals surface area contributed by atoms with Gasteiger partial charge in [0.15, 0.2) is 11.5 Å². The molecule has 0 N–H and O–H groups in total. The van der Waals surface area contributed by atoms with Gasteiger partial charge in [-0.3, -0.25) is 9.59 Å². The Hall–Kier alpha value is -3.36. The summed E-state index contributed by atoms with van der Waals surface area (Å²) in [6.07, 6.45) is 0.816. The number of hydrogen-bond donors (Lipinski definition) is 0. The van der Waals surface area contributed by atoms with Gasteiger partial charge in [0.25, 0.3) is 0 Å². The van der Waals surface area contributed by atoms with Gasteiger partial charge in [-0.2, -0.15) is 0 Å². The summed E-state index contributed by atoms with van der Waals surface area (Å²) in [6, 6.07) is 19.9. The lowest BCUT2D eigenvalue weighted by molar-refractivity contribution is -0.142. The molecule has 1 unspecified atom stereocenters. The van der Waals surface area contributed by atoms with Crippen molar-refractivity contribution in [2.45, 2.75) is 25.4 Å². The first-order valence-electron chi connectivity index (χ1n) is 12.1. The van der Waals surface area contributed by atoms with Crippen LogP contribution in [0.1, 0.15) is 28.3 Å². The van der Waals surface area contributed by atoms with Gasteiger partial charge in [-0.1, -0.05) is 42.5 Å². The van der Waals surface area contributed by atoms with Crippen LogP contribution in [0.2, 0.25) is 0 Å². The molecule has 7 nitrogen and oxygen atoms in total. The Bertz CT molecular complexity index is 1180. The van der Waals surface area contributed by atoms with E-state index < -0.39 is 0 Å². The highest BCUT2D eigenvalue weighted by atomic mass is 32.1. The number of rotatable bonds is 11. The molecule has 2 atom stereocenters.